The van der Waals surface area contributed by atoms with E-state index in [4.69, 9.17) is 15.3 Å². The molecule has 0 aromatic heterocycles. The predicted molar refractivity (Wildman–Crippen MR) is 53.9 cm³/mol. The first-order chi connectivity index (χ1) is 7.58. The molecule has 0 aliphatic rings. The van der Waals surface area contributed by atoms with Crippen molar-refractivity contribution in [3.63, 3.8) is 0 Å². The van der Waals surface area contributed by atoms with Crippen LogP contribution in [0.1, 0.15) is 6.42 Å². The minimum atomic E-state index is -0.872. The van der Waals surface area contributed by atoms with Crippen molar-refractivity contribution in [3.05, 3.63) is 12.7 Å². The van der Waals surface area contributed by atoms with Crippen LogP contribution in [0.15, 0.2) is 12.7 Å². The summed E-state index contributed by atoms with van der Waals surface area (Å²) in [6.45, 7) is 2.61. The van der Waals surface area contributed by atoms with Crippen molar-refractivity contribution in [2.75, 3.05) is 26.4 Å². The standard InChI is InChI=1S/C5H10O5.C4H6O2/c6-1-3-9-5(8)10-4-2-7;1-2-3-4(5)6/h6-7H,1-4H2;2H,1,3H2,(H,5,6). The van der Waals surface area contributed by atoms with Crippen molar-refractivity contribution in [2.45, 2.75) is 6.42 Å². The van der Waals surface area contributed by atoms with E-state index in [-0.39, 0.29) is 32.8 Å². The number of aliphatic carboxylic acids is 1. The summed E-state index contributed by atoms with van der Waals surface area (Å²) in [6.07, 6.45) is 0.533. The van der Waals surface area contributed by atoms with Crippen molar-refractivity contribution in [3.8, 4) is 0 Å². The lowest BCUT2D eigenvalue weighted by atomic mass is 10.4. The molecule has 0 saturated heterocycles. The average Bonchev–Trinajstić information content (AvgIpc) is 2.24. The van der Waals surface area contributed by atoms with Crippen LogP contribution in [0.2, 0.25) is 0 Å². The van der Waals surface area contributed by atoms with Gasteiger partial charge in [0.15, 0.2) is 0 Å². The summed E-state index contributed by atoms with van der Waals surface area (Å²) in [5.41, 5.74) is 0. The molecule has 0 unspecified atom stereocenters. The van der Waals surface area contributed by atoms with Crippen LogP contribution in [-0.2, 0) is 14.3 Å². The smallest absolute Gasteiger partial charge is 0.481 e. The Hall–Kier alpha value is -1.60. The molecule has 0 amide bonds. The lowest BCUT2D eigenvalue weighted by Gasteiger charge is -2.01. The number of carboxylic acids is 1. The second-order valence-corrected chi connectivity index (χ2v) is 2.28. The van der Waals surface area contributed by atoms with E-state index >= 15 is 0 Å². The summed E-state index contributed by atoms with van der Waals surface area (Å²) < 4.78 is 8.54. The predicted octanol–water partition coefficient (Wildman–Crippen LogP) is -0.229. The third-order valence-corrected chi connectivity index (χ3v) is 0.941. The highest BCUT2D eigenvalue weighted by Gasteiger charge is 2.00. The largest absolute Gasteiger partial charge is 0.508 e. The molecule has 16 heavy (non-hydrogen) atoms. The summed E-state index contributed by atoms with van der Waals surface area (Å²) in [5.74, 6) is -0.829. The van der Waals surface area contributed by atoms with Crippen LogP contribution in [0.4, 0.5) is 4.79 Å². The molecule has 3 N–H and O–H groups in total. The fourth-order valence-corrected chi connectivity index (χ4v) is 0.423. The number of carbonyl (C=O) groups excluding carboxylic acids is 1. The molecule has 0 bridgehead atoms. The lowest BCUT2D eigenvalue weighted by molar-refractivity contribution is -0.135. The SMILES string of the molecule is C=CCC(=O)O.O=C(OCCO)OCCO. The van der Waals surface area contributed by atoms with Crippen molar-refractivity contribution in [2.24, 2.45) is 0 Å². The Morgan fingerprint density at radius 1 is 1.12 bits per heavy atom. The molecule has 0 heterocycles. The maximum atomic E-state index is 10.3. The van der Waals surface area contributed by atoms with Gasteiger partial charge >= 0.3 is 12.1 Å². The molecule has 0 aromatic carbocycles. The van der Waals surface area contributed by atoms with Gasteiger partial charge in [-0.2, -0.15) is 0 Å². The molecular weight excluding hydrogens is 220 g/mol. The van der Waals surface area contributed by atoms with E-state index in [1.165, 1.54) is 6.08 Å². The third-order valence-electron chi connectivity index (χ3n) is 0.941. The first-order valence-electron chi connectivity index (χ1n) is 4.42. The van der Waals surface area contributed by atoms with E-state index in [1.54, 1.807) is 0 Å². The molecule has 0 rings (SSSR count). The van der Waals surface area contributed by atoms with E-state index < -0.39 is 12.1 Å². The molecule has 7 heteroatoms. The van der Waals surface area contributed by atoms with Crippen molar-refractivity contribution in [1.82, 2.24) is 0 Å². The van der Waals surface area contributed by atoms with Crippen LogP contribution in [0, 0.1) is 0 Å². The number of carbonyl (C=O) groups is 2. The zero-order chi connectivity index (χ0) is 12.8. The van der Waals surface area contributed by atoms with Gasteiger partial charge in [0.2, 0.25) is 0 Å². The van der Waals surface area contributed by atoms with Gasteiger partial charge in [-0.15, -0.1) is 6.58 Å². The molecule has 0 spiro atoms. The molecule has 0 aliphatic carbocycles. The van der Waals surface area contributed by atoms with Crippen LogP contribution < -0.4 is 0 Å². The van der Waals surface area contributed by atoms with Gasteiger partial charge in [0.05, 0.1) is 19.6 Å². The number of carboxylic acid groups (broad SMARTS) is 1. The molecule has 0 saturated carbocycles. The number of rotatable bonds is 6. The highest BCUT2D eigenvalue weighted by Crippen LogP contribution is 1.82. The summed E-state index contributed by atoms with van der Waals surface area (Å²) in [7, 11) is 0. The summed E-state index contributed by atoms with van der Waals surface area (Å²) >= 11 is 0. The topological polar surface area (TPSA) is 113 Å². The maximum absolute atomic E-state index is 10.3. The van der Waals surface area contributed by atoms with Gasteiger partial charge < -0.3 is 24.8 Å². The quantitative estimate of drug-likeness (QED) is 0.431. The lowest BCUT2D eigenvalue weighted by Crippen LogP contribution is -2.12. The number of aliphatic hydroxyl groups is 2. The molecular formula is C9H16O7. The number of aliphatic hydroxyl groups excluding tert-OH is 2. The maximum Gasteiger partial charge on any atom is 0.508 e. The highest BCUT2D eigenvalue weighted by molar-refractivity contribution is 5.68. The van der Waals surface area contributed by atoms with Crippen LogP contribution in [0.5, 0.6) is 0 Å². The molecule has 94 valence electrons. The van der Waals surface area contributed by atoms with E-state index in [0.717, 1.165) is 0 Å². The number of hydrogen-bond donors (Lipinski definition) is 3. The molecule has 0 atom stereocenters. The Morgan fingerprint density at radius 2 is 1.56 bits per heavy atom. The Morgan fingerprint density at radius 3 is 1.75 bits per heavy atom. The summed E-state index contributed by atoms with van der Waals surface area (Å²) in [6, 6.07) is 0. The van der Waals surface area contributed by atoms with Gasteiger partial charge in [0.25, 0.3) is 0 Å². The molecule has 0 aliphatic heterocycles. The van der Waals surface area contributed by atoms with Crippen molar-refractivity contribution >= 4 is 12.1 Å². The first-order valence-corrected chi connectivity index (χ1v) is 4.42. The molecule has 0 aromatic rings. The molecule has 0 radical (unpaired) electrons. The normalized spacial score (nSPS) is 8.38. The fourth-order valence-electron chi connectivity index (χ4n) is 0.423. The van der Waals surface area contributed by atoms with E-state index in [2.05, 4.69) is 16.1 Å². The molecule has 0 fully saturated rings. The Labute approximate surface area is 92.9 Å². The fraction of sp³-hybridized carbons (Fsp3) is 0.556. The van der Waals surface area contributed by atoms with Crippen LogP contribution in [-0.4, -0.2) is 53.9 Å². The van der Waals surface area contributed by atoms with Gasteiger partial charge in [0.1, 0.15) is 13.2 Å². The van der Waals surface area contributed by atoms with Gasteiger partial charge in [0, 0.05) is 0 Å². The van der Waals surface area contributed by atoms with Gasteiger partial charge in [-0.1, -0.05) is 6.08 Å². The van der Waals surface area contributed by atoms with Gasteiger partial charge in [-0.05, 0) is 0 Å². The van der Waals surface area contributed by atoms with Gasteiger partial charge in [-0.3, -0.25) is 4.79 Å². The van der Waals surface area contributed by atoms with Crippen LogP contribution in [0.25, 0.3) is 0 Å². The number of ether oxygens (including phenoxy) is 2. The van der Waals surface area contributed by atoms with Gasteiger partial charge in [-0.25, -0.2) is 4.79 Å². The van der Waals surface area contributed by atoms with Crippen LogP contribution in [0.3, 0.4) is 0 Å². The highest BCUT2D eigenvalue weighted by atomic mass is 16.7. The summed E-state index contributed by atoms with van der Waals surface area (Å²) in [5, 5.41) is 24.2. The second kappa shape index (κ2) is 13.4. The first kappa shape index (κ1) is 16.8. The Kier molecular flexibility index (Phi) is 14.1. The zero-order valence-corrected chi connectivity index (χ0v) is 8.79. The second-order valence-electron chi connectivity index (χ2n) is 2.28. The van der Waals surface area contributed by atoms with Crippen LogP contribution >= 0.6 is 0 Å². The van der Waals surface area contributed by atoms with E-state index in [1.807, 2.05) is 0 Å². The zero-order valence-electron chi connectivity index (χ0n) is 8.79. The van der Waals surface area contributed by atoms with Crippen molar-refractivity contribution < 1.29 is 34.4 Å². The molecule has 7 nitrogen and oxygen atoms in total. The Balaban J connectivity index is 0. The average molecular weight is 236 g/mol. The third kappa shape index (κ3) is 18.2. The minimum Gasteiger partial charge on any atom is -0.481 e. The Bertz CT molecular complexity index is 192. The monoisotopic (exact) mass is 236 g/mol. The minimum absolute atomic E-state index is 0.0556. The van der Waals surface area contributed by atoms with E-state index in [0.29, 0.717) is 0 Å². The summed E-state index contributed by atoms with van der Waals surface area (Å²) in [4.78, 5) is 19.8. The van der Waals surface area contributed by atoms with Crippen molar-refractivity contribution in [1.29, 1.82) is 0 Å². The van der Waals surface area contributed by atoms with E-state index in [9.17, 15) is 9.59 Å². The number of hydrogen-bond acceptors (Lipinski definition) is 6.